The number of carbonyl (C=O) groups excluding carboxylic acids is 1. The molecule has 1 amide bonds. The highest BCUT2D eigenvalue weighted by Gasteiger charge is 2.28. The van der Waals surface area contributed by atoms with Crippen LogP contribution in [0.25, 0.3) is 11.1 Å². The molecule has 0 saturated carbocycles. The van der Waals surface area contributed by atoms with E-state index in [0.29, 0.717) is 172 Å². The molecule has 2 aromatic carbocycles. The zero-order chi connectivity index (χ0) is 41.5. The highest BCUT2D eigenvalue weighted by molar-refractivity contribution is 5.79. The van der Waals surface area contributed by atoms with E-state index >= 15 is 0 Å². The number of alkyl carbamates (subject to hydrolysis) is 1. The average molecular weight is 838 g/mol. The minimum Gasteiger partial charge on any atom is -0.499 e. The molecule has 1 N–H and O–H groups in total. The fourth-order valence-corrected chi connectivity index (χ4v) is 5.59. The van der Waals surface area contributed by atoms with E-state index in [1.54, 1.807) is 0 Å². The maximum atomic E-state index is 12.3. The zero-order valence-corrected chi connectivity index (χ0v) is 34.7. The van der Waals surface area contributed by atoms with Crippen LogP contribution in [-0.4, -0.2) is 184 Å². The van der Waals surface area contributed by atoms with Gasteiger partial charge in [0.2, 0.25) is 0 Å². The van der Waals surface area contributed by atoms with Gasteiger partial charge in [0, 0.05) is 12.5 Å². The molecule has 0 radical (unpaired) electrons. The summed E-state index contributed by atoms with van der Waals surface area (Å²) in [7, 11) is 0. The molecular weight excluding hydrogens is 770 g/mol. The number of hydrogen-bond donors (Lipinski definition) is 1. The van der Waals surface area contributed by atoms with Crippen LogP contribution < -0.4 is 5.32 Å². The van der Waals surface area contributed by atoms with E-state index in [0.717, 1.165) is 0 Å². The molecule has 0 aliphatic heterocycles. The van der Waals surface area contributed by atoms with Crippen molar-refractivity contribution in [3.8, 4) is 11.1 Å². The predicted octanol–water partition coefficient (Wildman–Crippen LogP) is 3.88. The van der Waals surface area contributed by atoms with Gasteiger partial charge in [-0.1, -0.05) is 55.1 Å². The third-order valence-corrected chi connectivity index (χ3v) is 8.41. The van der Waals surface area contributed by atoms with Gasteiger partial charge in [0.05, 0.1) is 165 Å². The van der Waals surface area contributed by atoms with Crippen molar-refractivity contribution in [3.63, 3.8) is 0 Å². The van der Waals surface area contributed by atoms with Crippen molar-refractivity contribution in [2.24, 2.45) is 0 Å². The lowest BCUT2D eigenvalue weighted by atomic mass is 9.98. The van der Waals surface area contributed by atoms with E-state index in [1.807, 2.05) is 24.3 Å². The largest absolute Gasteiger partial charge is 0.499 e. The van der Waals surface area contributed by atoms with Crippen molar-refractivity contribution >= 4 is 6.09 Å². The Bertz CT molecular complexity index is 1260. The summed E-state index contributed by atoms with van der Waals surface area (Å²) in [6, 6.07) is 16.5. The molecule has 1 aliphatic rings. The van der Waals surface area contributed by atoms with E-state index in [9.17, 15) is 4.79 Å². The van der Waals surface area contributed by atoms with Crippen LogP contribution >= 0.6 is 0 Å². The maximum absolute atomic E-state index is 12.3. The first-order valence-electron chi connectivity index (χ1n) is 20.6. The van der Waals surface area contributed by atoms with Gasteiger partial charge in [0.1, 0.15) is 13.2 Å². The Morgan fingerprint density at radius 3 is 1.05 bits per heavy atom. The predicted molar refractivity (Wildman–Crippen MR) is 219 cm³/mol. The molecule has 0 aromatic heterocycles. The van der Waals surface area contributed by atoms with Crippen LogP contribution in [-0.2, 0) is 66.3 Å². The molecule has 16 heteroatoms. The summed E-state index contributed by atoms with van der Waals surface area (Å²) in [6.45, 7) is 16.2. The second kappa shape index (κ2) is 36.6. The van der Waals surface area contributed by atoms with Crippen molar-refractivity contribution in [1.82, 2.24) is 5.32 Å². The van der Waals surface area contributed by atoms with Crippen molar-refractivity contribution in [1.29, 1.82) is 0 Å². The van der Waals surface area contributed by atoms with E-state index in [1.165, 1.54) is 28.5 Å². The average Bonchev–Trinajstić information content (AvgIpc) is 3.58. The monoisotopic (exact) mass is 837 g/mol. The molecule has 0 atom stereocenters. The number of amides is 1. The summed E-state index contributed by atoms with van der Waals surface area (Å²) in [6.07, 6.45) is 0.939. The van der Waals surface area contributed by atoms with Gasteiger partial charge in [0.15, 0.2) is 0 Å². The zero-order valence-electron chi connectivity index (χ0n) is 34.7. The third-order valence-electron chi connectivity index (χ3n) is 8.41. The lowest BCUT2D eigenvalue weighted by molar-refractivity contribution is -0.0286. The second-order valence-electron chi connectivity index (χ2n) is 12.6. The minimum atomic E-state index is -0.454. The number of hydrogen-bond acceptors (Lipinski definition) is 15. The number of ether oxygens (including phenoxy) is 14. The molecule has 1 aliphatic carbocycles. The molecule has 0 unspecified atom stereocenters. The van der Waals surface area contributed by atoms with Gasteiger partial charge in [-0.2, -0.15) is 0 Å². The van der Waals surface area contributed by atoms with Crippen LogP contribution in [0.4, 0.5) is 4.79 Å². The van der Waals surface area contributed by atoms with Crippen molar-refractivity contribution in [2.45, 2.75) is 5.92 Å². The minimum absolute atomic E-state index is 0.0341. The van der Waals surface area contributed by atoms with Gasteiger partial charge < -0.3 is 71.6 Å². The molecule has 2 aromatic rings. The lowest BCUT2D eigenvalue weighted by Crippen LogP contribution is -2.29. The summed E-state index contributed by atoms with van der Waals surface area (Å²) in [4.78, 5) is 12.3. The molecule has 0 saturated heterocycles. The van der Waals surface area contributed by atoms with Crippen molar-refractivity contribution < 1.29 is 71.1 Å². The summed E-state index contributed by atoms with van der Waals surface area (Å²) in [5, 5.41) is 2.74. The molecule has 334 valence electrons. The molecule has 59 heavy (non-hydrogen) atoms. The first-order valence-corrected chi connectivity index (χ1v) is 20.6. The summed E-state index contributed by atoms with van der Waals surface area (Å²) < 4.78 is 76.2. The van der Waals surface area contributed by atoms with Gasteiger partial charge in [0.25, 0.3) is 0 Å². The smallest absolute Gasteiger partial charge is 0.407 e. The Hall–Kier alpha value is -3.23. The molecule has 0 fully saturated rings. The molecule has 3 rings (SSSR count). The van der Waals surface area contributed by atoms with Crippen LogP contribution in [0.3, 0.4) is 0 Å². The highest BCUT2D eigenvalue weighted by atomic mass is 16.6. The molecule has 16 nitrogen and oxygen atoms in total. The Labute approximate surface area is 349 Å². The number of fused-ring (bicyclic) bond motifs is 3. The number of nitrogens with one attached hydrogen (secondary N) is 1. The quantitative estimate of drug-likeness (QED) is 0.0758. The lowest BCUT2D eigenvalue weighted by Gasteiger charge is -2.14. The third kappa shape index (κ3) is 25.2. The molecule has 0 bridgehead atoms. The van der Waals surface area contributed by atoms with Crippen molar-refractivity contribution in [2.75, 3.05) is 178 Å². The molecular formula is C43H67NO15. The van der Waals surface area contributed by atoms with Crippen LogP contribution in [0.15, 0.2) is 61.4 Å². The van der Waals surface area contributed by atoms with E-state index < -0.39 is 6.09 Å². The maximum Gasteiger partial charge on any atom is 0.407 e. The van der Waals surface area contributed by atoms with Crippen LogP contribution in [0.2, 0.25) is 0 Å². The molecule has 0 spiro atoms. The Kier molecular flexibility index (Phi) is 31.1. The first-order chi connectivity index (χ1) is 29.3. The fraction of sp³-hybridized carbons (Fsp3) is 0.651. The van der Waals surface area contributed by atoms with Gasteiger partial charge >= 0.3 is 6.09 Å². The summed E-state index contributed by atoms with van der Waals surface area (Å²) >= 11 is 0. The SMILES string of the molecule is C=COCCOCCOCCOCCOCCOCCOCCOCCOCCOCCOCCOCCOCCNC(=O)OCC1c2ccccc2-c2ccccc21. The topological polar surface area (TPSA) is 158 Å². The van der Waals surface area contributed by atoms with E-state index in [4.69, 9.17) is 66.3 Å². The van der Waals surface area contributed by atoms with E-state index in [2.05, 4.69) is 36.2 Å². The fourth-order valence-electron chi connectivity index (χ4n) is 5.59. The number of carbonyl (C=O) groups is 1. The van der Waals surface area contributed by atoms with Gasteiger partial charge in [-0.25, -0.2) is 4.79 Å². The van der Waals surface area contributed by atoms with Gasteiger partial charge in [-0.15, -0.1) is 0 Å². The standard InChI is InChI=1S/C43H67NO15/c1-2-46-13-14-48-17-18-50-21-22-52-25-26-54-29-30-56-33-34-58-36-35-57-32-31-55-28-27-53-24-23-51-20-19-49-16-15-47-12-11-44-43(45)59-37-42-40-9-5-3-7-38(40)39-8-4-6-10-41(39)42/h2-10,42H,1,11-37H2,(H,44,45). The Balaban J connectivity index is 0.923. The normalized spacial score (nSPS) is 12.1. The first kappa shape index (κ1) is 50.1. The van der Waals surface area contributed by atoms with Gasteiger partial charge in [-0.05, 0) is 22.3 Å². The van der Waals surface area contributed by atoms with Crippen LogP contribution in [0, 0.1) is 0 Å². The molecule has 0 heterocycles. The summed E-state index contributed by atoms with van der Waals surface area (Å²) in [5.41, 5.74) is 4.77. The van der Waals surface area contributed by atoms with E-state index in [-0.39, 0.29) is 12.5 Å². The highest BCUT2D eigenvalue weighted by Crippen LogP contribution is 2.44. The van der Waals surface area contributed by atoms with Crippen molar-refractivity contribution in [3.05, 3.63) is 72.5 Å². The second-order valence-corrected chi connectivity index (χ2v) is 12.6. The summed E-state index contributed by atoms with van der Waals surface area (Å²) in [5.74, 6) is 0.0341. The Morgan fingerprint density at radius 2 is 0.729 bits per heavy atom. The van der Waals surface area contributed by atoms with Crippen LogP contribution in [0.5, 0.6) is 0 Å². The number of benzene rings is 2. The number of rotatable bonds is 42. The van der Waals surface area contributed by atoms with Gasteiger partial charge in [-0.3, -0.25) is 0 Å². The Morgan fingerprint density at radius 1 is 0.441 bits per heavy atom. The van der Waals surface area contributed by atoms with Crippen LogP contribution in [0.1, 0.15) is 17.0 Å².